The summed E-state index contributed by atoms with van der Waals surface area (Å²) in [7, 11) is 0. The topological polar surface area (TPSA) is 98.2 Å². The second-order valence-electron chi connectivity index (χ2n) is 4.96. The van der Waals surface area contributed by atoms with Crippen LogP contribution in [0, 0.1) is 0 Å². The molecule has 2 aromatic carbocycles. The Hall–Kier alpha value is -2.86. The molecule has 0 aliphatic heterocycles. The second kappa shape index (κ2) is 5.87. The van der Waals surface area contributed by atoms with Gasteiger partial charge in [-0.2, -0.15) is 0 Å². The first kappa shape index (κ1) is 14.1. The molecule has 3 rings (SSSR count). The molecule has 0 atom stereocenters. The van der Waals surface area contributed by atoms with Gasteiger partial charge in [0, 0.05) is 12.1 Å². The third-order valence-corrected chi connectivity index (χ3v) is 3.45. The normalized spacial score (nSPS) is 10.8. The van der Waals surface area contributed by atoms with E-state index in [1.165, 1.54) is 0 Å². The average molecular weight is 297 g/mol. The van der Waals surface area contributed by atoms with E-state index in [9.17, 15) is 9.90 Å². The second-order valence-corrected chi connectivity index (χ2v) is 4.96. The van der Waals surface area contributed by atoms with Gasteiger partial charge in [-0.05, 0) is 34.9 Å². The molecule has 0 saturated heterocycles. The number of hydrogen-bond acceptors (Lipinski definition) is 3. The monoisotopic (exact) mass is 297 g/mol. The van der Waals surface area contributed by atoms with Crippen molar-refractivity contribution in [3.63, 3.8) is 0 Å². The molecule has 0 aliphatic carbocycles. The van der Waals surface area contributed by atoms with Crippen LogP contribution in [0.15, 0.2) is 42.7 Å². The van der Waals surface area contributed by atoms with E-state index < -0.39 is 6.09 Å². The standard InChI is InChI=1S/C16H15N3O3/c20-8-11-5-13(15-14(6-11)18-9-19-15)12-3-1-2-10(4-12)7-17-16(21)22/h1-6,9,17,20H,7-8H2,(H,18,19)(H,21,22). The molecule has 1 aromatic heterocycles. The highest BCUT2D eigenvalue weighted by Crippen LogP contribution is 2.29. The molecule has 4 N–H and O–H groups in total. The Labute approximate surface area is 126 Å². The Bertz CT molecular complexity index is 826. The number of carbonyl (C=O) groups is 1. The summed E-state index contributed by atoms with van der Waals surface area (Å²) in [6.07, 6.45) is 0.564. The lowest BCUT2D eigenvalue weighted by molar-refractivity contribution is 0.194. The smallest absolute Gasteiger partial charge is 0.404 e. The summed E-state index contributed by atoms with van der Waals surface area (Å²) in [4.78, 5) is 17.9. The lowest BCUT2D eigenvalue weighted by Crippen LogP contribution is -2.19. The number of carboxylic acid groups (broad SMARTS) is 1. The Morgan fingerprint density at radius 1 is 1.23 bits per heavy atom. The van der Waals surface area contributed by atoms with Gasteiger partial charge in [-0.1, -0.05) is 18.2 Å². The number of benzene rings is 2. The van der Waals surface area contributed by atoms with Crippen molar-refractivity contribution in [2.24, 2.45) is 0 Å². The third-order valence-electron chi connectivity index (χ3n) is 3.45. The van der Waals surface area contributed by atoms with Crippen LogP contribution in [-0.2, 0) is 13.2 Å². The summed E-state index contributed by atoms with van der Waals surface area (Å²) in [6, 6.07) is 11.4. The first-order chi connectivity index (χ1) is 10.7. The van der Waals surface area contributed by atoms with Crippen molar-refractivity contribution in [1.82, 2.24) is 15.3 Å². The Morgan fingerprint density at radius 2 is 2.09 bits per heavy atom. The van der Waals surface area contributed by atoms with Gasteiger partial charge in [-0.3, -0.25) is 0 Å². The van der Waals surface area contributed by atoms with Crippen molar-refractivity contribution in [1.29, 1.82) is 0 Å². The Kier molecular flexibility index (Phi) is 3.76. The number of aliphatic hydroxyl groups is 1. The first-order valence-corrected chi connectivity index (χ1v) is 6.80. The maximum atomic E-state index is 10.6. The number of rotatable bonds is 4. The minimum absolute atomic E-state index is 0.0595. The number of nitrogens with zero attached hydrogens (tertiary/aromatic N) is 1. The van der Waals surface area contributed by atoms with E-state index in [0.717, 1.165) is 33.3 Å². The molecule has 0 spiro atoms. The first-order valence-electron chi connectivity index (χ1n) is 6.80. The highest BCUT2D eigenvalue weighted by molar-refractivity contribution is 5.92. The quantitative estimate of drug-likeness (QED) is 0.594. The lowest BCUT2D eigenvalue weighted by atomic mass is 9.99. The molecule has 1 heterocycles. The number of aromatic amines is 1. The van der Waals surface area contributed by atoms with Crippen LogP contribution in [0.4, 0.5) is 4.79 Å². The number of aliphatic hydroxyl groups excluding tert-OH is 1. The van der Waals surface area contributed by atoms with Gasteiger partial charge in [-0.15, -0.1) is 0 Å². The van der Waals surface area contributed by atoms with E-state index in [0.29, 0.717) is 0 Å². The van der Waals surface area contributed by atoms with Crippen LogP contribution in [-0.4, -0.2) is 26.3 Å². The zero-order valence-electron chi connectivity index (χ0n) is 11.7. The summed E-state index contributed by atoms with van der Waals surface area (Å²) < 4.78 is 0. The van der Waals surface area contributed by atoms with Gasteiger partial charge in [0.15, 0.2) is 0 Å². The molecule has 0 saturated carbocycles. The van der Waals surface area contributed by atoms with Crippen molar-refractivity contribution in [2.45, 2.75) is 13.2 Å². The Morgan fingerprint density at radius 3 is 2.86 bits per heavy atom. The fraction of sp³-hybridized carbons (Fsp3) is 0.125. The SMILES string of the molecule is O=C(O)NCc1cccc(-c2cc(CO)cc3nc[nH]c23)c1. The predicted octanol–water partition coefficient (Wildman–Crippen LogP) is 2.49. The molecule has 22 heavy (non-hydrogen) atoms. The van der Waals surface area contributed by atoms with Crippen molar-refractivity contribution in [2.75, 3.05) is 0 Å². The van der Waals surface area contributed by atoms with Crippen molar-refractivity contribution < 1.29 is 15.0 Å². The van der Waals surface area contributed by atoms with Crippen molar-refractivity contribution in [3.05, 3.63) is 53.9 Å². The molecule has 6 heteroatoms. The number of nitrogens with one attached hydrogen (secondary N) is 2. The number of imidazole rings is 1. The lowest BCUT2D eigenvalue weighted by Gasteiger charge is -2.08. The van der Waals surface area contributed by atoms with Gasteiger partial charge in [-0.25, -0.2) is 9.78 Å². The number of amides is 1. The molecule has 0 radical (unpaired) electrons. The minimum atomic E-state index is -1.05. The molecule has 3 aromatic rings. The van der Waals surface area contributed by atoms with Crippen LogP contribution in [0.2, 0.25) is 0 Å². The number of hydrogen-bond donors (Lipinski definition) is 4. The molecular formula is C16H15N3O3. The molecule has 6 nitrogen and oxygen atoms in total. The zero-order valence-corrected chi connectivity index (χ0v) is 11.7. The molecule has 112 valence electrons. The van der Waals surface area contributed by atoms with E-state index in [-0.39, 0.29) is 13.2 Å². The van der Waals surface area contributed by atoms with E-state index in [2.05, 4.69) is 15.3 Å². The van der Waals surface area contributed by atoms with Crippen LogP contribution in [0.3, 0.4) is 0 Å². The van der Waals surface area contributed by atoms with Crippen LogP contribution in [0.25, 0.3) is 22.2 Å². The fourth-order valence-corrected chi connectivity index (χ4v) is 2.45. The largest absolute Gasteiger partial charge is 0.465 e. The van der Waals surface area contributed by atoms with Gasteiger partial charge >= 0.3 is 6.09 Å². The molecule has 0 aliphatic rings. The molecule has 0 fully saturated rings. The third kappa shape index (κ3) is 2.77. The van der Waals surface area contributed by atoms with E-state index in [1.807, 2.05) is 36.4 Å². The summed E-state index contributed by atoms with van der Waals surface area (Å²) in [5.74, 6) is 0. The van der Waals surface area contributed by atoms with Crippen molar-refractivity contribution >= 4 is 17.1 Å². The van der Waals surface area contributed by atoms with Gasteiger partial charge in [0.05, 0.1) is 24.0 Å². The minimum Gasteiger partial charge on any atom is -0.465 e. The van der Waals surface area contributed by atoms with E-state index in [4.69, 9.17) is 5.11 Å². The maximum absolute atomic E-state index is 10.6. The molecule has 0 bridgehead atoms. The Balaban J connectivity index is 2.05. The maximum Gasteiger partial charge on any atom is 0.404 e. The van der Waals surface area contributed by atoms with Crippen molar-refractivity contribution in [3.8, 4) is 11.1 Å². The van der Waals surface area contributed by atoms with Crippen LogP contribution < -0.4 is 5.32 Å². The molecule has 0 unspecified atom stereocenters. The number of H-pyrrole nitrogens is 1. The van der Waals surface area contributed by atoms with Gasteiger partial charge in [0.1, 0.15) is 0 Å². The number of aromatic nitrogens is 2. The predicted molar refractivity (Wildman–Crippen MR) is 82.3 cm³/mol. The zero-order chi connectivity index (χ0) is 15.5. The average Bonchev–Trinajstić information content (AvgIpc) is 3.00. The summed E-state index contributed by atoms with van der Waals surface area (Å²) >= 11 is 0. The fourth-order valence-electron chi connectivity index (χ4n) is 2.45. The summed E-state index contributed by atoms with van der Waals surface area (Å²) in [5.41, 5.74) is 5.19. The summed E-state index contributed by atoms with van der Waals surface area (Å²) in [6.45, 7) is 0.186. The van der Waals surface area contributed by atoms with E-state index in [1.54, 1.807) is 6.33 Å². The van der Waals surface area contributed by atoms with Crippen LogP contribution in [0.1, 0.15) is 11.1 Å². The highest BCUT2D eigenvalue weighted by Gasteiger charge is 2.09. The molecule has 1 amide bonds. The van der Waals surface area contributed by atoms with Gasteiger partial charge in [0.25, 0.3) is 0 Å². The summed E-state index contributed by atoms with van der Waals surface area (Å²) in [5, 5.41) is 20.4. The van der Waals surface area contributed by atoms with E-state index >= 15 is 0 Å². The van der Waals surface area contributed by atoms with Crippen LogP contribution in [0.5, 0.6) is 0 Å². The van der Waals surface area contributed by atoms with Gasteiger partial charge in [0.2, 0.25) is 0 Å². The van der Waals surface area contributed by atoms with Crippen LogP contribution >= 0.6 is 0 Å². The number of fused-ring (bicyclic) bond motifs is 1. The molecular weight excluding hydrogens is 282 g/mol. The van der Waals surface area contributed by atoms with Gasteiger partial charge < -0.3 is 20.5 Å². The highest BCUT2D eigenvalue weighted by atomic mass is 16.4.